The monoisotopic (exact) mass is 289 g/mol. The van der Waals surface area contributed by atoms with Gasteiger partial charge in [0.15, 0.2) is 0 Å². The molecule has 1 heterocycles. The van der Waals surface area contributed by atoms with Crippen LogP contribution in [-0.4, -0.2) is 48.3 Å². The van der Waals surface area contributed by atoms with Gasteiger partial charge in [-0.15, -0.1) is 0 Å². The van der Waals surface area contributed by atoms with Crippen LogP contribution >= 0.6 is 0 Å². The van der Waals surface area contributed by atoms with Crippen LogP contribution in [0.2, 0.25) is 0 Å². The van der Waals surface area contributed by atoms with Gasteiger partial charge in [0.1, 0.15) is 0 Å². The van der Waals surface area contributed by atoms with Crippen LogP contribution in [0.15, 0.2) is 24.3 Å². The number of carbonyl (C=O) groups is 1. The summed E-state index contributed by atoms with van der Waals surface area (Å²) in [5, 5.41) is 9.00. The van der Waals surface area contributed by atoms with Crippen LogP contribution in [0, 0.1) is 0 Å². The van der Waals surface area contributed by atoms with Crippen molar-refractivity contribution in [3.63, 3.8) is 0 Å². The fourth-order valence-corrected chi connectivity index (χ4v) is 2.00. The molecule has 1 aliphatic rings. The number of morpholine rings is 1. The summed E-state index contributed by atoms with van der Waals surface area (Å²) in [6.45, 7) is 0.696. The summed E-state index contributed by atoms with van der Waals surface area (Å²) in [6.07, 6.45) is -4.86. The Balaban J connectivity index is 2.09. The van der Waals surface area contributed by atoms with E-state index < -0.39 is 17.8 Å². The molecule has 0 saturated carbocycles. The molecule has 1 atom stereocenters. The molecular weight excluding hydrogens is 275 g/mol. The molecular formula is C13H14F3NO3. The van der Waals surface area contributed by atoms with Gasteiger partial charge in [0.05, 0.1) is 24.9 Å². The van der Waals surface area contributed by atoms with Crippen LogP contribution < -0.4 is 0 Å². The molecule has 0 aromatic heterocycles. The van der Waals surface area contributed by atoms with Crippen molar-refractivity contribution in [2.45, 2.75) is 12.3 Å². The second-order valence-corrected chi connectivity index (χ2v) is 4.50. The summed E-state index contributed by atoms with van der Waals surface area (Å²) in [4.78, 5) is 13.6. The molecule has 2 rings (SSSR count). The summed E-state index contributed by atoms with van der Waals surface area (Å²) < 4.78 is 42.5. The van der Waals surface area contributed by atoms with E-state index >= 15 is 0 Å². The molecule has 0 aliphatic carbocycles. The second kappa shape index (κ2) is 5.80. The summed E-state index contributed by atoms with van der Waals surface area (Å²) in [5.41, 5.74) is -0.596. The van der Waals surface area contributed by atoms with E-state index in [9.17, 15) is 18.0 Å². The SMILES string of the molecule is O=C(c1ccc(C(F)(F)F)cc1)N1CCOC(CO)C1. The number of amides is 1. The number of alkyl halides is 3. The van der Waals surface area contributed by atoms with Gasteiger partial charge in [0, 0.05) is 18.7 Å². The minimum atomic E-state index is -4.41. The Labute approximate surface area is 113 Å². The number of rotatable bonds is 2. The van der Waals surface area contributed by atoms with Crippen molar-refractivity contribution in [3.8, 4) is 0 Å². The van der Waals surface area contributed by atoms with Crippen LogP contribution in [0.1, 0.15) is 15.9 Å². The summed E-state index contributed by atoms with van der Waals surface area (Å²) in [7, 11) is 0. The van der Waals surface area contributed by atoms with Gasteiger partial charge in [-0.3, -0.25) is 4.79 Å². The molecule has 110 valence electrons. The quantitative estimate of drug-likeness (QED) is 0.898. The first kappa shape index (κ1) is 14.8. The van der Waals surface area contributed by atoms with Crippen molar-refractivity contribution < 1.29 is 27.8 Å². The topological polar surface area (TPSA) is 49.8 Å². The highest BCUT2D eigenvalue weighted by Crippen LogP contribution is 2.29. The van der Waals surface area contributed by atoms with Gasteiger partial charge >= 0.3 is 6.18 Å². The Kier molecular flexibility index (Phi) is 4.29. The molecule has 1 aliphatic heterocycles. The van der Waals surface area contributed by atoms with E-state index in [0.29, 0.717) is 13.2 Å². The molecule has 1 amide bonds. The van der Waals surface area contributed by atoms with Crippen molar-refractivity contribution in [2.75, 3.05) is 26.3 Å². The number of ether oxygens (including phenoxy) is 1. The first-order chi connectivity index (χ1) is 9.41. The highest BCUT2D eigenvalue weighted by Gasteiger charge is 2.31. The highest BCUT2D eigenvalue weighted by molar-refractivity contribution is 5.94. The third-order valence-electron chi connectivity index (χ3n) is 3.09. The molecule has 1 N–H and O–H groups in total. The normalized spacial score (nSPS) is 20.0. The van der Waals surface area contributed by atoms with Crippen LogP contribution in [0.5, 0.6) is 0 Å². The fourth-order valence-electron chi connectivity index (χ4n) is 2.00. The zero-order valence-electron chi connectivity index (χ0n) is 10.6. The van der Waals surface area contributed by atoms with E-state index in [1.807, 2.05) is 0 Å². The molecule has 1 saturated heterocycles. The fraction of sp³-hybridized carbons (Fsp3) is 0.462. The molecule has 7 heteroatoms. The lowest BCUT2D eigenvalue weighted by Crippen LogP contribution is -2.46. The van der Waals surface area contributed by atoms with Gasteiger partial charge in [0.2, 0.25) is 0 Å². The highest BCUT2D eigenvalue weighted by atomic mass is 19.4. The average molecular weight is 289 g/mol. The number of nitrogens with zero attached hydrogens (tertiary/aromatic N) is 1. The van der Waals surface area contributed by atoms with E-state index in [4.69, 9.17) is 9.84 Å². The second-order valence-electron chi connectivity index (χ2n) is 4.50. The van der Waals surface area contributed by atoms with Crippen molar-refractivity contribution in [2.24, 2.45) is 0 Å². The van der Waals surface area contributed by atoms with Crippen molar-refractivity contribution in [3.05, 3.63) is 35.4 Å². The maximum atomic E-state index is 12.4. The smallest absolute Gasteiger partial charge is 0.394 e. The first-order valence-electron chi connectivity index (χ1n) is 6.11. The molecule has 1 aromatic carbocycles. The number of aliphatic hydroxyl groups excluding tert-OH is 1. The predicted octanol–water partition coefficient (Wildman–Crippen LogP) is 1.54. The Morgan fingerprint density at radius 2 is 2.00 bits per heavy atom. The lowest BCUT2D eigenvalue weighted by atomic mass is 10.1. The maximum absolute atomic E-state index is 12.4. The van der Waals surface area contributed by atoms with E-state index in [0.717, 1.165) is 24.3 Å². The van der Waals surface area contributed by atoms with Gasteiger partial charge in [-0.05, 0) is 24.3 Å². The van der Waals surface area contributed by atoms with Crippen molar-refractivity contribution in [1.82, 2.24) is 4.90 Å². The molecule has 0 spiro atoms. The molecule has 0 radical (unpaired) electrons. The van der Waals surface area contributed by atoms with Crippen LogP contribution in [0.3, 0.4) is 0 Å². The molecule has 1 aromatic rings. The van der Waals surface area contributed by atoms with Gasteiger partial charge in [-0.2, -0.15) is 13.2 Å². The largest absolute Gasteiger partial charge is 0.416 e. The minimum absolute atomic E-state index is 0.191. The Morgan fingerprint density at radius 3 is 2.55 bits per heavy atom. The number of hydrogen-bond acceptors (Lipinski definition) is 3. The lowest BCUT2D eigenvalue weighted by Gasteiger charge is -2.32. The third kappa shape index (κ3) is 3.29. The number of halogens is 3. The maximum Gasteiger partial charge on any atom is 0.416 e. The van der Waals surface area contributed by atoms with Gasteiger partial charge in [0.25, 0.3) is 5.91 Å². The Morgan fingerprint density at radius 1 is 1.35 bits per heavy atom. The lowest BCUT2D eigenvalue weighted by molar-refractivity contribution is -0.137. The van der Waals surface area contributed by atoms with Crippen LogP contribution in [0.25, 0.3) is 0 Å². The van der Waals surface area contributed by atoms with Crippen molar-refractivity contribution >= 4 is 5.91 Å². The summed E-state index contributed by atoms with van der Waals surface area (Å²) >= 11 is 0. The zero-order chi connectivity index (χ0) is 14.8. The molecule has 4 nitrogen and oxygen atoms in total. The summed E-state index contributed by atoms with van der Waals surface area (Å²) in [5.74, 6) is -0.361. The standard InChI is InChI=1S/C13H14F3NO3/c14-13(15,16)10-3-1-9(2-4-10)12(19)17-5-6-20-11(7-17)8-18/h1-4,11,18H,5-8H2. The van der Waals surface area contributed by atoms with E-state index in [1.54, 1.807) is 0 Å². The Hall–Kier alpha value is -1.60. The summed E-state index contributed by atoms with van der Waals surface area (Å²) in [6, 6.07) is 4.09. The molecule has 20 heavy (non-hydrogen) atoms. The van der Waals surface area contributed by atoms with Crippen LogP contribution in [-0.2, 0) is 10.9 Å². The van der Waals surface area contributed by atoms with Crippen LogP contribution in [0.4, 0.5) is 13.2 Å². The molecule has 1 fully saturated rings. The van der Waals surface area contributed by atoms with E-state index in [-0.39, 0.29) is 24.6 Å². The number of benzene rings is 1. The predicted molar refractivity (Wildman–Crippen MR) is 64.2 cm³/mol. The molecule has 1 unspecified atom stereocenters. The van der Waals surface area contributed by atoms with E-state index in [1.165, 1.54) is 4.90 Å². The first-order valence-corrected chi connectivity index (χ1v) is 6.11. The van der Waals surface area contributed by atoms with E-state index in [2.05, 4.69) is 0 Å². The number of aliphatic hydroxyl groups is 1. The Bertz CT molecular complexity index is 473. The molecule has 0 bridgehead atoms. The average Bonchev–Trinajstić information content (AvgIpc) is 2.46. The minimum Gasteiger partial charge on any atom is -0.394 e. The number of carbonyl (C=O) groups excluding carboxylic acids is 1. The van der Waals surface area contributed by atoms with Gasteiger partial charge in [-0.1, -0.05) is 0 Å². The van der Waals surface area contributed by atoms with Crippen molar-refractivity contribution in [1.29, 1.82) is 0 Å². The number of hydrogen-bond donors (Lipinski definition) is 1. The van der Waals surface area contributed by atoms with Gasteiger partial charge in [-0.25, -0.2) is 0 Å². The third-order valence-corrected chi connectivity index (χ3v) is 3.09. The van der Waals surface area contributed by atoms with Gasteiger partial charge < -0.3 is 14.7 Å². The zero-order valence-corrected chi connectivity index (χ0v) is 10.6.